The van der Waals surface area contributed by atoms with Gasteiger partial charge in [-0.15, -0.1) is 10.2 Å². The number of carbonyl (C=O) groups excluding carboxylic acids is 1. The summed E-state index contributed by atoms with van der Waals surface area (Å²) in [5.74, 6) is 1.78. The Balaban J connectivity index is 1.63. The average molecular weight is 354 g/mol. The molecule has 0 unspecified atom stereocenters. The van der Waals surface area contributed by atoms with Gasteiger partial charge in [0.05, 0.1) is 0 Å². The summed E-state index contributed by atoms with van der Waals surface area (Å²) in [6, 6.07) is 11.7. The van der Waals surface area contributed by atoms with Gasteiger partial charge in [-0.3, -0.25) is 4.79 Å². The van der Waals surface area contributed by atoms with E-state index in [4.69, 9.17) is 0 Å². The number of benzene rings is 1. The van der Waals surface area contributed by atoms with Gasteiger partial charge in [0.1, 0.15) is 0 Å². The first-order valence-electron chi connectivity index (χ1n) is 8.78. The highest BCUT2D eigenvalue weighted by atomic mass is 16.2. The molecule has 0 aliphatic carbocycles. The summed E-state index contributed by atoms with van der Waals surface area (Å²) in [7, 11) is 7.84. The minimum atomic E-state index is 0.0855. The normalized spacial score (nSPS) is 14.3. The van der Waals surface area contributed by atoms with Crippen LogP contribution < -0.4 is 14.7 Å². The molecule has 2 heterocycles. The highest BCUT2D eigenvalue weighted by Crippen LogP contribution is 2.18. The van der Waals surface area contributed by atoms with Crippen molar-refractivity contribution in [3.63, 3.8) is 0 Å². The van der Waals surface area contributed by atoms with E-state index in [1.807, 2.05) is 79.3 Å². The molecule has 1 aromatic heterocycles. The molecule has 138 valence electrons. The Morgan fingerprint density at radius 2 is 1.65 bits per heavy atom. The zero-order chi connectivity index (χ0) is 18.7. The summed E-state index contributed by atoms with van der Waals surface area (Å²) in [6.45, 7) is 2.88. The predicted octanol–water partition coefficient (Wildman–Crippen LogP) is 1.57. The van der Waals surface area contributed by atoms with Crippen molar-refractivity contribution in [1.82, 2.24) is 15.1 Å². The van der Waals surface area contributed by atoms with Gasteiger partial charge in [0.2, 0.25) is 0 Å². The van der Waals surface area contributed by atoms with Crippen molar-refractivity contribution in [2.24, 2.45) is 0 Å². The van der Waals surface area contributed by atoms with E-state index in [-0.39, 0.29) is 5.91 Å². The van der Waals surface area contributed by atoms with Gasteiger partial charge in [-0.05, 0) is 30.3 Å². The van der Waals surface area contributed by atoms with Crippen LogP contribution in [0.2, 0.25) is 0 Å². The lowest BCUT2D eigenvalue weighted by atomic mass is 10.1. The first-order valence-corrected chi connectivity index (χ1v) is 8.78. The molecular formula is C19H26N6O. The summed E-state index contributed by atoms with van der Waals surface area (Å²) in [6.07, 6.45) is 0. The van der Waals surface area contributed by atoms with Crippen LogP contribution in [0.5, 0.6) is 0 Å². The molecule has 7 heteroatoms. The van der Waals surface area contributed by atoms with Crippen molar-refractivity contribution in [2.75, 3.05) is 69.1 Å². The Morgan fingerprint density at radius 1 is 0.923 bits per heavy atom. The number of piperazine rings is 1. The van der Waals surface area contributed by atoms with Crippen LogP contribution in [0.1, 0.15) is 10.4 Å². The maximum absolute atomic E-state index is 12.8. The zero-order valence-corrected chi connectivity index (χ0v) is 15.9. The standard InChI is InChI=1S/C19H26N6O/c1-22(2)16-7-5-6-15(14-16)19(26)25-12-10-24(11-13-25)18-9-8-17(20-21-18)23(3)4/h5-9,14H,10-13H2,1-4H3. The van der Waals surface area contributed by atoms with Crippen LogP contribution in [0.3, 0.4) is 0 Å². The highest BCUT2D eigenvalue weighted by molar-refractivity contribution is 5.95. The maximum Gasteiger partial charge on any atom is 0.254 e. The van der Waals surface area contributed by atoms with Gasteiger partial charge in [-0.2, -0.15) is 0 Å². The van der Waals surface area contributed by atoms with Gasteiger partial charge < -0.3 is 19.6 Å². The van der Waals surface area contributed by atoms with Crippen molar-refractivity contribution in [2.45, 2.75) is 0 Å². The van der Waals surface area contributed by atoms with Gasteiger partial charge in [0, 0.05) is 65.6 Å². The minimum absolute atomic E-state index is 0.0855. The number of carbonyl (C=O) groups is 1. The van der Waals surface area contributed by atoms with Crippen LogP contribution >= 0.6 is 0 Å². The lowest BCUT2D eigenvalue weighted by Crippen LogP contribution is -2.49. The van der Waals surface area contributed by atoms with Crippen LogP contribution in [0.15, 0.2) is 36.4 Å². The molecule has 0 N–H and O–H groups in total. The topological polar surface area (TPSA) is 55.8 Å². The molecule has 0 bridgehead atoms. The molecule has 1 aliphatic rings. The van der Waals surface area contributed by atoms with Gasteiger partial charge in [-0.1, -0.05) is 6.07 Å². The van der Waals surface area contributed by atoms with Crippen LogP contribution in [-0.4, -0.2) is 75.4 Å². The predicted molar refractivity (Wildman–Crippen MR) is 105 cm³/mol. The van der Waals surface area contributed by atoms with E-state index in [1.54, 1.807) is 0 Å². The van der Waals surface area contributed by atoms with Crippen molar-refractivity contribution in [3.05, 3.63) is 42.0 Å². The quantitative estimate of drug-likeness (QED) is 0.831. The fraction of sp³-hybridized carbons (Fsp3) is 0.421. The molecule has 26 heavy (non-hydrogen) atoms. The summed E-state index contributed by atoms with van der Waals surface area (Å²) in [5, 5.41) is 8.54. The number of hydrogen-bond donors (Lipinski definition) is 0. The third-order valence-electron chi connectivity index (χ3n) is 4.59. The fourth-order valence-electron chi connectivity index (χ4n) is 2.96. The molecule has 0 atom stereocenters. The van der Waals surface area contributed by atoms with Gasteiger partial charge in [0.25, 0.3) is 5.91 Å². The number of aromatic nitrogens is 2. The van der Waals surface area contributed by atoms with Crippen LogP contribution in [0.25, 0.3) is 0 Å². The second kappa shape index (κ2) is 7.59. The molecule has 1 aromatic carbocycles. The molecule has 7 nitrogen and oxygen atoms in total. The van der Waals surface area contributed by atoms with Gasteiger partial charge in [-0.25, -0.2) is 0 Å². The lowest BCUT2D eigenvalue weighted by molar-refractivity contribution is 0.0746. The largest absolute Gasteiger partial charge is 0.378 e. The number of rotatable bonds is 4. The average Bonchev–Trinajstić information content (AvgIpc) is 2.67. The third kappa shape index (κ3) is 3.87. The maximum atomic E-state index is 12.8. The van der Waals surface area contributed by atoms with E-state index in [2.05, 4.69) is 15.1 Å². The zero-order valence-electron chi connectivity index (χ0n) is 15.9. The molecule has 1 amide bonds. The van der Waals surface area contributed by atoms with E-state index >= 15 is 0 Å². The fourth-order valence-corrected chi connectivity index (χ4v) is 2.96. The Labute approximate surface area is 154 Å². The molecule has 1 aliphatic heterocycles. The summed E-state index contributed by atoms with van der Waals surface area (Å²) in [5.41, 5.74) is 1.77. The first kappa shape index (κ1) is 18.0. The number of hydrogen-bond acceptors (Lipinski definition) is 6. The van der Waals surface area contributed by atoms with Gasteiger partial charge in [0.15, 0.2) is 11.6 Å². The highest BCUT2D eigenvalue weighted by Gasteiger charge is 2.23. The second-order valence-electron chi connectivity index (χ2n) is 6.87. The smallest absolute Gasteiger partial charge is 0.254 e. The molecule has 1 fully saturated rings. The molecule has 0 saturated carbocycles. The first-order chi connectivity index (χ1) is 12.5. The Morgan fingerprint density at radius 3 is 2.23 bits per heavy atom. The SMILES string of the molecule is CN(C)c1cccc(C(=O)N2CCN(c3ccc(N(C)C)nn3)CC2)c1. The molecular weight excluding hydrogens is 328 g/mol. The number of anilines is 3. The van der Waals surface area contributed by atoms with E-state index in [0.29, 0.717) is 13.1 Å². The van der Waals surface area contributed by atoms with Crippen molar-refractivity contribution in [1.29, 1.82) is 0 Å². The van der Waals surface area contributed by atoms with Gasteiger partial charge >= 0.3 is 0 Å². The van der Waals surface area contributed by atoms with Crippen LogP contribution in [0, 0.1) is 0 Å². The van der Waals surface area contributed by atoms with E-state index in [0.717, 1.165) is 36.0 Å². The minimum Gasteiger partial charge on any atom is -0.378 e. The Bertz CT molecular complexity index is 751. The molecule has 3 rings (SSSR count). The van der Waals surface area contributed by atoms with Crippen LogP contribution in [-0.2, 0) is 0 Å². The summed E-state index contributed by atoms with van der Waals surface area (Å²) in [4.78, 5) is 20.8. The third-order valence-corrected chi connectivity index (χ3v) is 4.59. The summed E-state index contributed by atoms with van der Waals surface area (Å²) >= 11 is 0. The second-order valence-corrected chi connectivity index (χ2v) is 6.87. The van der Waals surface area contributed by atoms with E-state index < -0.39 is 0 Å². The number of amides is 1. The van der Waals surface area contributed by atoms with Crippen molar-refractivity contribution in [3.8, 4) is 0 Å². The lowest BCUT2D eigenvalue weighted by Gasteiger charge is -2.35. The Kier molecular flexibility index (Phi) is 5.25. The molecule has 1 saturated heterocycles. The Hall–Kier alpha value is -2.83. The van der Waals surface area contributed by atoms with E-state index in [9.17, 15) is 4.79 Å². The van der Waals surface area contributed by atoms with Crippen molar-refractivity contribution >= 4 is 23.2 Å². The molecule has 0 radical (unpaired) electrons. The summed E-state index contributed by atoms with van der Waals surface area (Å²) < 4.78 is 0. The van der Waals surface area contributed by atoms with Crippen LogP contribution in [0.4, 0.5) is 17.3 Å². The van der Waals surface area contributed by atoms with E-state index in [1.165, 1.54) is 0 Å². The monoisotopic (exact) mass is 354 g/mol. The molecule has 0 spiro atoms. The van der Waals surface area contributed by atoms with Crippen molar-refractivity contribution < 1.29 is 4.79 Å². The number of nitrogens with zero attached hydrogens (tertiary/aromatic N) is 6. The molecule has 2 aromatic rings.